The van der Waals surface area contributed by atoms with Gasteiger partial charge in [-0.1, -0.05) is 17.7 Å². The van der Waals surface area contributed by atoms with Crippen LogP contribution in [-0.4, -0.2) is 114 Å². The highest BCUT2D eigenvalue weighted by molar-refractivity contribution is 6.33. The van der Waals surface area contributed by atoms with Crippen LogP contribution in [0.2, 0.25) is 5.02 Å². The number of aromatic nitrogens is 2. The highest BCUT2D eigenvalue weighted by Gasteiger charge is 2.46. The summed E-state index contributed by atoms with van der Waals surface area (Å²) in [6, 6.07) is 15.0. The minimum absolute atomic E-state index is 0.0949. The molecule has 2 atom stereocenters. The fourth-order valence-electron chi connectivity index (χ4n) is 10.2. The lowest BCUT2D eigenvalue weighted by Crippen LogP contribution is -2.54. The third-order valence-corrected chi connectivity index (χ3v) is 13.8. The maximum Gasteiger partial charge on any atom is 0.262 e. The molecule has 3 aromatic rings. The molecule has 7 heterocycles. The van der Waals surface area contributed by atoms with Crippen molar-refractivity contribution in [1.29, 1.82) is 0 Å². The average molecular weight is 806 g/mol. The van der Waals surface area contributed by atoms with Crippen molar-refractivity contribution in [3.05, 3.63) is 76.1 Å². The van der Waals surface area contributed by atoms with E-state index in [4.69, 9.17) is 22.9 Å². The molecule has 1 N–H and O–H groups in total. The van der Waals surface area contributed by atoms with Gasteiger partial charge in [-0.2, -0.15) is 0 Å². The number of carbonyl (C=O) groups excluding carboxylic acids is 4. The second-order valence-electron chi connectivity index (χ2n) is 16.9. The van der Waals surface area contributed by atoms with E-state index in [-0.39, 0.29) is 30.3 Å². The first-order valence-electron chi connectivity index (χ1n) is 20.6. The number of benzene rings is 2. The molecule has 0 saturated carbocycles. The lowest BCUT2D eigenvalue weighted by molar-refractivity contribution is -0.136. The molecule has 2 aromatic carbocycles. The summed E-state index contributed by atoms with van der Waals surface area (Å²) >= 11 is 6.38. The number of halogens is 1. The van der Waals surface area contributed by atoms with Crippen molar-refractivity contribution in [3.63, 3.8) is 0 Å². The molecule has 0 aliphatic carbocycles. The minimum atomic E-state index is -0.967. The molecule has 0 radical (unpaired) electrons. The summed E-state index contributed by atoms with van der Waals surface area (Å²) in [5.74, 6) is -0.486. The number of piperidine rings is 4. The molecule has 6 aliphatic heterocycles. The predicted molar refractivity (Wildman–Crippen MR) is 219 cm³/mol. The zero-order valence-electron chi connectivity index (χ0n) is 32.7. The van der Waals surface area contributed by atoms with Crippen molar-refractivity contribution < 1.29 is 23.9 Å². The van der Waals surface area contributed by atoms with E-state index in [1.54, 1.807) is 12.1 Å². The maximum absolute atomic E-state index is 13.3. The summed E-state index contributed by atoms with van der Waals surface area (Å²) < 4.78 is 6.33. The van der Waals surface area contributed by atoms with Gasteiger partial charge in [0.25, 0.3) is 11.8 Å². The molecule has 0 bridgehead atoms. The maximum atomic E-state index is 13.3. The van der Waals surface area contributed by atoms with Crippen LogP contribution in [0.15, 0.2) is 48.5 Å². The molecule has 1 spiro atoms. The van der Waals surface area contributed by atoms with E-state index in [1.165, 1.54) is 0 Å². The number of carbonyl (C=O) groups is 4. The zero-order chi connectivity index (χ0) is 40.1. The highest BCUT2D eigenvalue weighted by Crippen LogP contribution is 2.46. The van der Waals surface area contributed by atoms with E-state index in [9.17, 15) is 19.2 Å². The quantitative estimate of drug-likeness (QED) is 0.240. The van der Waals surface area contributed by atoms with Crippen LogP contribution in [0.25, 0.3) is 4.85 Å². The van der Waals surface area contributed by atoms with Gasteiger partial charge in [-0.3, -0.25) is 34.3 Å². The van der Waals surface area contributed by atoms with Crippen molar-refractivity contribution in [2.24, 2.45) is 5.41 Å². The van der Waals surface area contributed by atoms with Crippen LogP contribution in [0.5, 0.6) is 5.88 Å². The van der Waals surface area contributed by atoms with Gasteiger partial charge in [0.15, 0.2) is 5.82 Å². The molecule has 58 heavy (non-hydrogen) atoms. The standard InChI is InChI=1S/C43H48ClN9O5/c1-27-25-43(26-52(27)30-4-6-35(45-2)34(44)24-30)15-21-51(22-16-43)37-8-10-39(48-47-37)58-31-13-19-49(20-14-31)28-11-17-50(18-12-28)29-3-5-32-33(23-29)42(57)53(41(32)56)36-7-9-38(54)46-40(36)55/h3-6,8,10,23-24,27-28,31,36H,7,9,11-22,25-26H2,1H3,(H,46,54,55)/t27-,36?/m0/s1. The van der Waals surface area contributed by atoms with Crippen LogP contribution >= 0.6 is 11.6 Å². The van der Waals surface area contributed by atoms with Crippen LogP contribution < -0.4 is 24.8 Å². The first kappa shape index (κ1) is 38.3. The summed E-state index contributed by atoms with van der Waals surface area (Å²) in [7, 11) is 0. The largest absolute Gasteiger partial charge is 0.473 e. The lowest BCUT2D eigenvalue weighted by atomic mass is 9.77. The van der Waals surface area contributed by atoms with Gasteiger partial charge in [0, 0.05) is 86.8 Å². The van der Waals surface area contributed by atoms with Crippen LogP contribution in [0.4, 0.5) is 22.9 Å². The Bertz CT molecular complexity index is 2150. The summed E-state index contributed by atoms with van der Waals surface area (Å²) in [6.07, 6.45) is 7.48. The van der Waals surface area contributed by atoms with Crippen molar-refractivity contribution in [2.45, 2.75) is 88.9 Å². The molecule has 302 valence electrons. The molecule has 15 heteroatoms. The molecule has 14 nitrogen and oxygen atoms in total. The number of anilines is 3. The van der Waals surface area contributed by atoms with Crippen LogP contribution in [-0.2, 0) is 9.59 Å². The normalized spacial score (nSPS) is 24.4. The van der Waals surface area contributed by atoms with E-state index in [0.717, 1.165) is 113 Å². The van der Waals surface area contributed by atoms with Crippen molar-refractivity contribution in [1.82, 2.24) is 25.3 Å². The van der Waals surface area contributed by atoms with Gasteiger partial charge in [-0.05, 0) is 100 Å². The van der Waals surface area contributed by atoms with Crippen LogP contribution in [0, 0.1) is 12.0 Å². The number of amides is 4. The number of ether oxygens (including phenoxy) is 1. The number of nitrogens with zero attached hydrogens (tertiary/aromatic N) is 8. The topological polar surface area (TPSA) is 136 Å². The van der Waals surface area contributed by atoms with Crippen LogP contribution in [0.1, 0.15) is 85.4 Å². The fraction of sp³-hybridized carbons (Fsp3) is 0.512. The average Bonchev–Trinajstić information content (AvgIpc) is 3.69. The monoisotopic (exact) mass is 805 g/mol. The third kappa shape index (κ3) is 7.23. The Balaban J connectivity index is 0.720. The number of hydrogen-bond donors (Lipinski definition) is 1. The number of fused-ring (bicyclic) bond motifs is 1. The third-order valence-electron chi connectivity index (χ3n) is 13.5. The number of nitrogens with one attached hydrogen (secondary N) is 1. The predicted octanol–water partition coefficient (Wildman–Crippen LogP) is 5.48. The van der Waals surface area contributed by atoms with Crippen molar-refractivity contribution in [2.75, 3.05) is 60.5 Å². The Labute approximate surface area is 343 Å². The highest BCUT2D eigenvalue weighted by atomic mass is 35.5. The molecule has 1 aromatic heterocycles. The Morgan fingerprint density at radius 1 is 0.828 bits per heavy atom. The summed E-state index contributed by atoms with van der Waals surface area (Å²) in [5, 5.41) is 11.8. The van der Waals surface area contributed by atoms with Gasteiger partial charge in [0.1, 0.15) is 12.1 Å². The first-order valence-corrected chi connectivity index (χ1v) is 21.0. The molecular weight excluding hydrogens is 758 g/mol. The van der Waals surface area contributed by atoms with E-state index in [1.807, 2.05) is 36.4 Å². The Hall–Kier alpha value is -5.26. The fourth-order valence-corrected chi connectivity index (χ4v) is 10.4. The lowest BCUT2D eigenvalue weighted by Gasteiger charge is -2.42. The molecular formula is C43H48ClN9O5. The Kier molecular flexibility index (Phi) is 10.2. The van der Waals surface area contributed by atoms with Gasteiger partial charge >= 0.3 is 0 Å². The molecule has 6 aliphatic rings. The summed E-state index contributed by atoms with van der Waals surface area (Å²) in [5.41, 5.74) is 3.35. The Morgan fingerprint density at radius 3 is 2.26 bits per heavy atom. The van der Waals surface area contributed by atoms with Gasteiger partial charge in [-0.15, -0.1) is 10.2 Å². The number of rotatable bonds is 7. The molecule has 5 fully saturated rings. The van der Waals surface area contributed by atoms with Gasteiger partial charge in [-0.25, -0.2) is 4.85 Å². The smallest absolute Gasteiger partial charge is 0.262 e. The van der Waals surface area contributed by atoms with E-state index in [2.05, 4.69) is 46.9 Å². The van der Waals surface area contributed by atoms with E-state index >= 15 is 0 Å². The van der Waals surface area contributed by atoms with Crippen LogP contribution in [0.3, 0.4) is 0 Å². The number of hydrogen-bond acceptors (Lipinski definition) is 11. The SMILES string of the molecule is [C-]#[N+]c1ccc(N2CC3(CCN(c4ccc(OC5CCN(C6CCN(c7ccc8c(c7)C(=O)N(C7CCC(=O)NC7=O)C8=O)CC6)CC5)nn4)CC3)C[C@@H]2C)cc1Cl. The summed E-state index contributed by atoms with van der Waals surface area (Å²) in [6.45, 7) is 16.0. The minimum Gasteiger partial charge on any atom is -0.473 e. The molecule has 1 unspecified atom stereocenters. The number of likely N-dealkylation sites (tertiary alicyclic amines) is 1. The molecule has 4 amide bonds. The van der Waals surface area contributed by atoms with Gasteiger partial charge in [0.2, 0.25) is 23.4 Å². The molecule has 9 rings (SSSR count). The van der Waals surface area contributed by atoms with Crippen molar-refractivity contribution >= 4 is 58.1 Å². The van der Waals surface area contributed by atoms with Gasteiger partial charge in [0.05, 0.1) is 17.7 Å². The zero-order valence-corrected chi connectivity index (χ0v) is 33.5. The Morgan fingerprint density at radius 2 is 1.57 bits per heavy atom. The second-order valence-corrected chi connectivity index (χ2v) is 17.3. The first-order chi connectivity index (χ1) is 28.1. The second kappa shape index (κ2) is 15.5. The van der Waals surface area contributed by atoms with Crippen molar-refractivity contribution in [3.8, 4) is 5.88 Å². The van der Waals surface area contributed by atoms with E-state index < -0.39 is 23.8 Å². The number of imide groups is 2. The van der Waals surface area contributed by atoms with E-state index in [0.29, 0.717) is 39.8 Å². The molecule has 5 saturated heterocycles. The summed E-state index contributed by atoms with van der Waals surface area (Å²) in [4.78, 5) is 64.7. The van der Waals surface area contributed by atoms with Gasteiger partial charge < -0.3 is 19.4 Å².